The summed E-state index contributed by atoms with van der Waals surface area (Å²) in [4.78, 5) is 24.6. The van der Waals surface area contributed by atoms with Crippen molar-refractivity contribution in [3.63, 3.8) is 0 Å². The van der Waals surface area contributed by atoms with E-state index in [1.165, 1.54) is 48.7 Å². The average Bonchev–Trinajstić information content (AvgIpc) is 3.21. The van der Waals surface area contributed by atoms with Crippen molar-refractivity contribution >= 4 is 22.8 Å². The predicted molar refractivity (Wildman–Crippen MR) is 168 cm³/mol. The van der Waals surface area contributed by atoms with Crippen LogP contribution in [-0.2, 0) is 23.3 Å². The number of nitrogens with zero attached hydrogens (tertiary/aromatic N) is 1. The fourth-order valence-corrected chi connectivity index (χ4v) is 6.80. The molecule has 0 atom stereocenters. The number of methoxy groups -OCH3 is 1. The third-order valence-corrected chi connectivity index (χ3v) is 9.12. The van der Waals surface area contributed by atoms with Crippen molar-refractivity contribution in [1.82, 2.24) is 9.88 Å². The van der Waals surface area contributed by atoms with Gasteiger partial charge in [-0.2, -0.15) is 0 Å². The Morgan fingerprint density at radius 3 is 2.51 bits per heavy atom. The van der Waals surface area contributed by atoms with E-state index in [4.69, 9.17) is 14.6 Å². The Bertz CT molecular complexity index is 1660. The second-order valence-electron chi connectivity index (χ2n) is 12.4. The number of aliphatic carboxylic acids is 1. The molecule has 4 aromatic rings. The molecule has 7 heteroatoms. The molecule has 1 aromatic heterocycles. The number of ether oxygens (including phenoxy) is 2. The summed E-state index contributed by atoms with van der Waals surface area (Å²) in [7, 11) is 1.67. The lowest BCUT2D eigenvalue weighted by molar-refractivity contribution is -0.136. The van der Waals surface area contributed by atoms with E-state index in [0.717, 1.165) is 33.7 Å². The number of carbonyl (C=O) groups is 2. The van der Waals surface area contributed by atoms with Gasteiger partial charge in [0.15, 0.2) is 0 Å². The number of carboxylic acids is 1. The van der Waals surface area contributed by atoms with E-state index in [9.17, 15) is 9.59 Å². The van der Waals surface area contributed by atoms with Crippen molar-refractivity contribution in [3.05, 3.63) is 82.9 Å². The van der Waals surface area contributed by atoms with Crippen molar-refractivity contribution in [3.8, 4) is 22.8 Å². The minimum atomic E-state index is -0.809. The highest BCUT2D eigenvalue weighted by Crippen LogP contribution is 2.47. The van der Waals surface area contributed by atoms with Gasteiger partial charge in [-0.3, -0.25) is 9.59 Å². The van der Waals surface area contributed by atoms with Gasteiger partial charge in [0.1, 0.15) is 18.1 Å². The zero-order valence-electron chi connectivity index (χ0n) is 25.2. The minimum Gasteiger partial charge on any atom is -0.497 e. The van der Waals surface area contributed by atoms with Crippen LogP contribution in [0.15, 0.2) is 60.7 Å². The summed E-state index contributed by atoms with van der Waals surface area (Å²) in [5.41, 5.74) is 6.65. The van der Waals surface area contributed by atoms with Gasteiger partial charge in [-0.15, -0.1) is 0 Å². The standard InChI is InChI=1S/C36H40N2O5/c1-36(2,26-13-9-23(10-14-26)11-18-32(39)40)37-35(41)25-12-16-28-30(21-25)38-19-20-43-31-22-27(42-3)15-17-29(31)34(38)33(28)24-7-5-4-6-8-24/h9-10,12-17,21-22,24H,4-8,11,18-20H2,1-3H3,(H,37,41)(H,39,40). The molecule has 1 saturated carbocycles. The summed E-state index contributed by atoms with van der Waals surface area (Å²) in [6.07, 6.45) is 6.67. The third kappa shape index (κ3) is 5.73. The van der Waals surface area contributed by atoms with Crippen LogP contribution in [0.2, 0.25) is 0 Å². The molecular weight excluding hydrogens is 540 g/mol. The molecule has 224 valence electrons. The topological polar surface area (TPSA) is 89.8 Å². The smallest absolute Gasteiger partial charge is 0.303 e. The number of aromatic nitrogens is 1. The van der Waals surface area contributed by atoms with Crippen molar-refractivity contribution in [2.24, 2.45) is 0 Å². The number of amides is 1. The van der Waals surface area contributed by atoms with E-state index in [-0.39, 0.29) is 12.3 Å². The number of benzene rings is 3. The summed E-state index contributed by atoms with van der Waals surface area (Å²) in [5, 5.41) is 13.4. The van der Waals surface area contributed by atoms with E-state index >= 15 is 0 Å². The van der Waals surface area contributed by atoms with E-state index < -0.39 is 11.5 Å². The van der Waals surface area contributed by atoms with Gasteiger partial charge < -0.3 is 24.5 Å². The molecule has 0 saturated heterocycles. The summed E-state index contributed by atoms with van der Waals surface area (Å²) in [5.74, 6) is 1.14. The molecule has 1 amide bonds. The molecule has 0 radical (unpaired) electrons. The highest BCUT2D eigenvalue weighted by atomic mass is 16.5. The monoisotopic (exact) mass is 580 g/mol. The van der Waals surface area contributed by atoms with Crippen molar-refractivity contribution in [1.29, 1.82) is 0 Å². The number of aryl methyl sites for hydroxylation is 1. The van der Waals surface area contributed by atoms with Crippen LogP contribution in [0, 0.1) is 0 Å². The first-order chi connectivity index (χ1) is 20.7. The van der Waals surface area contributed by atoms with Crippen LogP contribution in [0.25, 0.3) is 22.2 Å². The average molecular weight is 581 g/mol. The van der Waals surface area contributed by atoms with Gasteiger partial charge in [0.25, 0.3) is 5.91 Å². The lowest BCUT2D eigenvalue weighted by Crippen LogP contribution is -2.41. The molecule has 2 heterocycles. The van der Waals surface area contributed by atoms with Gasteiger partial charge in [0.2, 0.25) is 0 Å². The van der Waals surface area contributed by atoms with Crippen LogP contribution in [0.3, 0.4) is 0 Å². The first kappa shape index (κ1) is 28.8. The first-order valence-electron chi connectivity index (χ1n) is 15.4. The fraction of sp³-hybridized carbons (Fsp3) is 0.389. The molecule has 1 fully saturated rings. The van der Waals surface area contributed by atoms with Crippen molar-refractivity contribution < 1.29 is 24.2 Å². The van der Waals surface area contributed by atoms with Gasteiger partial charge in [-0.25, -0.2) is 0 Å². The molecule has 0 unspecified atom stereocenters. The van der Waals surface area contributed by atoms with Gasteiger partial charge in [0, 0.05) is 34.5 Å². The molecule has 0 bridgehead atoms. The number of carbonyl (C=O) groups excluding carboxylic acids is 1. The second-order valence-corrected chi connectivity index (χ2v) is 12.4. The molecule has 7 nitrogen and oxygen atoms in total. The van der Waals surface area contributed by atoms with Crippen LogP contribution in [0.5, 0.6) is 11.5 Å². The minimum absolute atomic E-state index is 0.0970. The normalized spacial score (nSPS) is 15.2. The Labute approximate surface area is 252 Å². The highest BCUT2D eigenvalue weighted by Gasteiger charge is 2.30. The Hall–Kier alpha value is -4.26. The van der Waals surface area contributed by atoms with Gasteiger partial charge >= 0.3 is 5.97 Å². The molecule has 1 aliphatic heterocycles. The maximum absolute atomic E-state index is 13.7. The molecule has 0 spiro atoms. The quantitative estimate of drug-likeness (QED) is 0.226. The number of fused-ring (bicyclic) bond motifs is 5. The number of nitrogens with one attached hydrogen (secondary N) is 1. The Kier molecular flexibility index (Phi) is 7.91. The summed E-state index contributed by atoms with van der Waals surface area (Å²) in [6, 6.07) is 20.1. The molecule has 43 heavy (non-hydrogen) atoms. The zero-order valence-corrected chi connectivity index (χ0v) is 25.2. The molecule has 6 rings (SSSR count). The molecule has 2 aliphatic rings. The summed E-state index contributed by atoms with van der Waals surface area (Å²) in [6.45, 7) is 5.21. The van der Waals surface area contributed by atoms with Crippen LogP contribution in [0.1, 0.15) is 85.3 Å². The second kappa shape index (κ2) is 11.8. The van der Waals surface area contributed by atoms with Gasteiger partial charge in [0.05, 0.1) is 24.9 Å². The number of hydrogen-bond acceptors (Lipinski definition) is 4. The van der Waals surface area contributed by atoms with E-state index in [1.54, 1.807) is 7.11 Å². The SMILES string of the molecule is COc1ccc2c(c1)OCCn1c-2c(C2CCCCC2)c2ccc(C(=O)NC(C)(C)c3ccc(CCC(=O)O)cc3)cc21. The predicted octanol–water partition coefficient (Wildman–Crippen LogP) is 7.44. The van der Waals surface area contributed by atoms with Gasteiger partial charge in [-0.1, -0.05) is 49.6 Å². The molecule has 1 aliphatic carbocycles. The molecule has 2 N–H and O–H groups in total. The highest BCUT2D eigenvalue weighted by molar-refractivity contribution is 6.01. The number of hydrogen-bond donors (Lipinski definition) is 2. The van der Waals surface area contributed by atoms with E-state index in [0.29, 0.717) is 31.1 Å². The summed E-state index contributed by atoms with van der Waals surface area (Å²) < 4.78 is 14.1. The zero-order chi connectivity index (χ0) is 30.1. The fourth-order valence-electron chi connectivity index (χ4n) is 6.80. The lowest BCUT2D eigenvalue weighted by atomic mass is 9.81. The summed E-state index contributed by atoms with van der Waals surface area (Å²) >= 11 is 0. The van der Waals surface area contributed by atoms with E-state index in [2.05, 4.69) is 22.0 Å². The Morgan fingerprint density at radius 1 is 1.02 bits per heavy atom. The third-order valence-electron chi connectivity index (χ3n) is 9.12. The Morgan fingerprint density at radius 2 is 1.79 bits per heavy atom. The van der Waals surface area contributed by atoms with Crippen molar-refractivity contribution in [2.75, 3.05) is 13.7 Å². The number of rotatable bonds is 8. The van der Waals surface area contributed by atoms with Crippen LogP contribution in [0.4, 0.5) is 0 Å². The first-order valence-corrected chi connectivity index (χ1v) is 15.4. The van der Waals surface area contributed by atoms with Crippen LogP contribution >= 0.6 is 0 Å². The maximum atomic E-state index is 13.7. The van der Waals surface area contributed by atoms with E-state index in [1.807, 2.05) is 62.4 Å². The lowest BCUT2D eigenvalue weighted by Gasteiger charge is -2.27. The van der Waals surface area contributed by atoms with Crippen LogP contribution < -0.4 is 14.8 Å². The Balaban J connectivity index is 1.36. The van der Waals surface area contributed by atoms with Gasteiger partial charge in [-0.05, 0) is 80.0 Å². The van der Waals surface area contributed by atoms with Crippen LogP contribution in [-0.4, -0.2) is 35.3 Å². The molecule has 3 aromatic carbocycles. The van der Waals surface area contributed by atoms with Crippen molar-refractivity contribution in [2.45, 2.75) is 76.8 Å². The maximum Gasteiger partial charge on any atom is 0.303 e. The molecular formula is C36H40N2O5. The number of carboxylic acid groups (broad SMARTS) is 1. The largest absolute Gasteiger partial charge is 0.497 e.